The lowest BCUT2D eigenvalue weighted by molar-refractivity contribution is 0.416. The molecule has 6 nitrogen and oxygen atoms in total. The Labute approximate surface area is 153 Å². The Morgan fingerprint density at radius 2 is 1.81 bits per heavy atom. The summed E-state index contributed by atoms with van der Waals surface area (Å²) in [6.07, 6.45) is 1.61. The topological polar surface area (TPSA) is 72.0 Å². The predicted molar refractivity (Wildman–Crippen MR) is 105 cm³/mol. The van der Waals surface area contributed by atoms with Gasteiger partial charge in [0.05, 0.1) is 19.0 Å². The van der Waals surface area contributed by atoms with Crippen molar-refractivity contribution in [1.29, 1.82) is 0 Å². The number of para-hydroxylation sites is 1. The summed E-state index contributed by atoms with van der Waals surface area (Å²) in [5.74, 6) is 2.16. The molecular weight excluding hydrogens is 326 g/mol. The first-order chi connectivity index (χ1) is 12.6. The second kappa shape index (κ2) is 7.82. The Kier molecular flexibility index (Phi) is 5.31. The quantitative estimate of drug-likeness (QED) is 0.666. The maximum absolute atomic E-state index is 5.39. The standard InChI is InChI=1S/C20H23N5O/c1-13(2)15-7-5-6-8-16(15)22-19-12-21-25-20(24-19)23-17-11-14(3)9-10-18(17)26-4/h5-13H,1-4H3,(H2,22,23,24,25). The Morgan fingerprint density at radius 3 is 2.58 bits per heavy atom. The van der Waals surface area contributed by atoms with Gasteiger partial charge >= 0.3 is 0 Å². The maximum Gasteiger partial charge on any atom is 0.249 e. The fraction of sp³-hybridized carbons (Fsp3) is 0.250. The van der Waals surface area contributed by atoms with Crippen molar-refractivity contribution >= 4 is 23.1 Å². The second-order valence-corrected chi connectivity index (χ2v) is 6.36. The Morgan fingerprint density at radius 1 is 1.00 bits per heavy atom. The van der Waals surface area contributed by atoms with Gasteiger partial charge in [0.15, 0.2) is 5.82 Å². The Balaban J connectivity index is 1.85. The minimum atomic E-state index is 0.404. The summed E-state index contributed by atoms with van der Waals surface area (Å²) >= 11 is 0. The fourth-order valence-corrected chi connectivity index (χ4v) is 2.71. The molecule has 0 bridgehead atoms. The highest BCUT2D eigenvalue weighted by molar-refractivity contribution is 5.65. The van der Waals surface area contributed by atoms with Gasteiger partial charge in [0, 0.05) is 5.69 Å². The van der Waals surface area contributed by atoms with Gasteiger partial charge in [-0.1, -0.05) is 38.1 Å². The number of benzene rings is 2. The number of nitrogens with zero attached hydrogens (tertiary/aromatic N) is 3. The smallest absolute Gasteiger partial charge is 0.249 e. The van der Waals surface area contributed by atoms with E-state index in [0.29, 0.717) is 17.7 Å². The van der Waals surface area contributed by atoms with E-state index in [9.17, 15) is 0 Å². The number of hydrogen-bond acceptors (Lipinski definition) is 6. The number of rotatable bonds is 6. The predicted octanol–water partition coefficient (Wildman–Crippen LogP) is 4.80. The summed E-state index contributed by atoms with van der Waals surface area (Å²) in [6.45, 7) is 6.34. The monoisotopic (exact) mass is 349 g/mol. The van der Waals surface area contributed by atoms with E-state index in [0.717, 1.165) is 22.7 Å². The zero-order chi connectivity index (χ0) is 18.5. The number of methoxy groups -OCH3 is 1. The van der Waals surface area contributed by atoms with E-state index in [-0.39, 0.29) is 0 Å². The van der Waals surface area contributed by atoms with Gasteiger partial charge in [-0.2, -0.15) is 10.1 Å². The van der Waals surface area contributed by atoms with E-state index in [1.807, 2.05) is 43.3 Å². The van der Waals surface area contributed by atoms with Crippen molar-refractivity contribution in [2.24, 2.45) is 0 Å². The first-order valence-electron chi connectivity index (χ1n) is 8.54. The van der Waals surface area contributed by atoms with Crippen molar-refractivity contribution in [3.63, 3.8) is 0 Å². The van der Waals surface area contributed by atoms with E-state index < -0.39 is 0 Å². The van der Waals surface area contributed by atoms with E-state index >= 15 is 0 Å². The van der Waals surface area contributed by atoms with Gasteiger partial charge < -0.3 is 15.4 Å². The molecule has 0 spiro atoms. The molecule has 134 valence electrons. The molecule has 0 unspecified atom stereocenters. The molecule has 0 radical (unpaired) electrons. The average Bonchev–Trinajstić information content (AvgIpc) is 2.62. The van der Waals surface area contributed by atoms with Crippen LogP contribution in [-0.4, -0.2) is 22.3 Å². The number of hydrogen-bond donors (Lipinski definition) is 2. The molecule has 26 heavy (non-hydrogen) atoms. The molecule has 3 aromatic rings. The highest BCUT2D eigenvalue weighted by Gasteiger charge is 2.09. The highest BCUT2D eigenvalue weighted by atomic mass is 16.5. The van der Waals surface area contributed by atoms with Crippen LogP contribution in [0.1, 0.15) is 30.9 Å². The number of anilines is 4. The molecule has 0 aliphatic carbocycles. The average molecular weight is 349 g/mol. The number of nitrogens with one attached hydrogen (secondary N) is 2. The van der Waals surface area contributed by atoms with Crippen LogP contribution in [0.5, 0.6) is 5.75 Å². The van der Waals surface area contributed by atoms with Crippen LogP contribution in [0.3, 0.4) is 0 Å². The third-order valence-electron chi connectivity index (χ3n) is 4.01. The number of aromatic nitrogens is 3. The van der Waals surface area contributed by atoms with E-state index in [1.54, 1.807) is 13.3 Å². The van der Waals surface area contributed by atoms with Gasteiger partial charge in [0.25, 0.3) is 0 Å². The third-order valence-corrected chi connectivity index (χ3v) is 4.01. The lowest BCUT2D eigenvalue weighted by Crippen LogP contribution is -2.05. The molecule has 1 aromatic heterocycles. The van der Waals surface area contributed by atoms with Crippen LogP contribution in [0.4, 0.5) is 23.1 Å². The fourth-order valence-electron chi connectivity index (χ4n) is 2.71. The minimum absolute atomic E-state index is 0.404. The van der Waals surface area contributed by atoms with Gasteiger partial charge in [0.1, 0.15) is 5.75 Å². The van der Waals surface area contributed by atoms with Crippen LogP contribution in [-0.2, 0) is 0 Å². The lowest BCUT2D eigenvalue weighted by Gasteiger charge is -2.14. The van der Waals surface area contributed by atoms with Crippen molar-refractivity contribution in [2.75, 3.05) is 17.7 Å². The third kappa shape index (κ3) is 4.08. The number of aryl methyl sites for hydroxylation is 1. The zero-order valence-electron chi connectivity index (χ0n) is 15.4. The highest BCUT2D eigenvalue weighted by Crippen LogP contribution is 2.29. The van der Waals surface area contributed by atoms with Gasteiger partial charge in [-0.15, -0.1) is 5.10 Å². The molecule has 2 aromatic carbocycles. The van der Waals surface area contributed by atoms with Crippen molar-refractivity contribution in [3.05, 3.63) is 59.8 Å². The first-order valence-corrected chi connectivity index (χ1v) is 8.54. The van der Waals surface area contributed by atoms with E-state index in [2.05, 4.69) is 45.7 Å². The van der Waals surface area contributed by atoms with Gasteiger partial charge in [-0.3, -0.25) is 0 Å². The Bertz CT molecular complexity index is 895. The van der Waals surface area contributed by atoms with Crippen molar-refractivity contribution in [3.8, 4) is 5.75 Å². The summed E-state index contributed by atoms with van der Waals surface area (Å²) in [5, 5.41) is 14.6. The molecule has 6 heteroatoms. The summed E-state index contributed by atoms with van der Waals surface area (Å²) in [5.41, 5.74) is 4.15. The van der Waals surface area contributed by atoms with Crippen LogP contribution >= 0.6 is 0 Å². The van der Waals surface area contributed by atoms with Gasteiger partial charge in [-0.05, 0) is 42.2 Å². The molecular formula is C20H23N5O. The SMILES string of the molecule is COc1ccc(C)cc1Nc1nncc(Nc2ccccc2C(C)C)n1. The lowest BCUT2D eigenvalue weighted by atomic mass is 10.0. The van der Waals surface area contributed by atoms with Crippen molar-refractivity contribution < 1.29 is 4.74 Å². The number of ether oxygens (including phenoxy) is 1. The summed E-state index contributed by atoms with van der Waals surface area (Å²) in [7, 11) is 1.63. The molecule has 0 atom stereocenters. The minimum Gasteiger partial charge on any atom is -0.495 e. The summed E-state index contributed by atoms with van der Waals surface area (Å²) in [4.78, 5) is 4.52. The largest absolute Gasteiger partial charge is 0.495 e. The molecule has 0 aliphatic rings. The summed E-state index contributed by atoms with van der Waals surface area (Å²) < 4.78 is 5.39. The molecule has 1 heterocycles. The zero-order valence-corrected chi connectivity index (χ0v) is 15.4. The van der Waals surface area contributed by atoms with Crippen LogP contribution in [0.2, 0.25) is 0 Å². The van der Waals surface area contributed by atoms with Crippen LogP contribution in [0.25, 0.3) is 0 Å². The summed E-state index contributed by atoms with van der Waals surface area (Å²) in [6, 6.07) is 14.1. The van der Waals surface area contributed by atoms with E-state index in [1.165, 1.54) is 5.56 Å². The first kappa shape index (κ1) is 17.7. The second-order valence-electron chi connectivity index (χ2n) is 6.36. The van der Waals surface area contributed by atoms with Crippen molar-refractivity contribution in [2.45, 2.75) is 26.7 Å². The Hall–Kier alpha value is -3.15. The maximum atomic E-state index is 5.39. The molecule has 0 aliphatic heterocycles. The molecule has 0 amide bonds. The molecule has 0 fully saturated rings. The molecule has 0 saturated heterocycles. The normalized spacial score (nSPS) is 10.7. The van der Waals surface area contributed by atoms with Crippen molar-refractivity contribution in [1.82, 2.24) is 15.2 Å². The molecule has 3 rings (SSSR count). The van der Waals surface area contributed by atoms with E-state index in [4.69, 9.17) is 4.74 Å². The molecule has 2 N–H and O–H groups in total. The molecule has 0 saturated carbocycles. The van der Waals surface area contributed by atoms with Crippen LogP contribution in [0.15, 0.2) is 48.7 Å². The van der Waals surface area contributed by atoms with Crippen LogP contribution in [0, 0.1) is 6.92 Å². The van der Waals surface area contributed by atoms with Gasteiger partial charge in [0.2, 0.25) is 5.95 Å². The van der Waals surface area contributed by atoms with Gasteiger partial charge in [-0.25, -0.2) is 0 Å². The van der Waals surface area contributed by atoms with Crippen LogP contribution < -0.4 is 15.4 Å².